The average molecular weight is 382 g/mol. The Morgan fingerprint density at radius 3 is 2.85 bits per heavy atom. The first-order valence-corrected chi connectivity index (χ1v) is 9.79. The van der Waals surface area contributed by atoms with E-state index >= 15 is 0 Å². The first-order valence-electron chi connectivity index (χ1n) is 8.98. The van der Waals surface area contributed by atoms with E-state index in [0.29, 0.717) is 22.0 Å². The minimum atomic E-state index is -0.526. The van der Waals surface area contributed by atoms with Gasteiger partial charge >= 0.3 is 5.97 Å². The number of nitrogens with zero attached hydrogens (tertiary/aromatic N) is 1. The van der Waals surface area contributed by atoms with Crippen LogP contribution in [0.1, 0.15) is 50.8 Å². The second-order valence-electron chi connectivity index (χ2n) is 7.11. The summed E-state index contributed by atoms with van der Waals surface area (Å²) in [7, 11) is 0. The van der Waals surface area contributed by atoms with Crippen molar-refractivity contribution in [1.82, 2.24) is 0 Å². The van der Waals surface area contributed by atoms with Crippen LogP contribution in [0.25, 0.3) is 0 Å². The Bertz CT molecular complexity index is 940. The number of thiophene rings is 1. The van der Waals surface area contributed by atoms with Crippen LogP contribution in [-0.4, -0.2) is 18.5 Å². The summed E-state index contributed by atoms with van der Waals surface area (Å²) in [4.78, 5) is 25.6. The predicted octanol–water partition coefficient (Wildman–Crippen LogP) is 4.16. The van der Waals surface area contributed by atoms with Gasteiger partial charge in [0, 0.05) is 4.88 Å². The van der Waals surface area contributed by atoms with Crippen molar-refractivity contribution in [2.45, 2.75) is 40.0 Å². The van der Waals surface area contributed by atoms with Crippen LogP contribution in [0.3, 0.4) is 0 Å². The molecule has 0 saturated heterocycles. The van der Waals surface area contributed by atoms with Crippen molar-refractivity contribution in [2.75, 3.05) is 11.9 Å². The van der Waals surface area contributed by atoms with Gasteiger partial charge in [-0.2, -0.15) is 5.26 Å². The minimum Gasteiger partial charge on any atom is -0.452 e. The molecule has 5 nitrogen and oxygen atoms in total. The highest BCUT2D eigenvalue weighted by atomic mass is 32.1. The Morgan fingerprint density at radius 2 is 2.15 bits per heavy atom. The fraction of sp³-hybridized carbons (Fsp3) is 0.381. The van der Waals surface area contributed by atoms with E-state index in [4.69, 9.17) is 4.74 Å². The second-order valence-corrected chi connectivity index (χ2v) is 8.22. The molecule has 27 heavy (non-hydrogen) atoms. The summed E-state index contributed by atoms with van der Waals surface area (Å²) < 4.78 is 5.15. The molecule has 0 aliphatic heterocycles. The fourth-order valence-electron chi connectivity index (χ4n) is 3.37. The quantitative estimate of drug-likeness (QED) is 0.806. The van der Waals surface area contributed by atoms with Gasteiger partial charge in [-0.1, -0.05) is 24.6 Å². The molecule has 0 saturated carbocycles. The van der Waals surface area contributed by atoms with Crippen molar-refractivity contribution in [3.8, 4) is 6.07 Å². The lowest BCUT2D eigenvalue weighted by molar-refractivity contribution is -0.119. The van der Waals surface area contributed by atoms with Gasteiger partial charge in [-0.3, -0.25) is 4.79 Å². The summed E-state index contributed by atoms with van der Waals surface area (Å²) in [5.41, 5.74) is 3.93. The van der Waals surface area contributed by atoms with Gasteiger partial charge in [-0.15, -0.1) is 11.3 Å². The van der Waals surface area contributed by atoms with Crippen LogP contribution in [0.5, 0.6) is 0 Å². The second kappa shape index (κ2) is 7.93. The van der Waals surface area contributed by atoms with Gasteiger partial charge in [0.25, 0.3) is 5.91 Å². The van der Waals surface area contributed by atoms with E-state index < -0.39 is 11.9 Å². The lowest BCUT2D eigenvalue weighted by Gasteiger charge is -2.17. The molecule has 1 N–H and O–H groups in total. The number of hydrogen-bond acceptors (Lipinski definition) is 5. The smallest absolute Gasteiger partial charge is 0.338 e. The number of aryl methyl sites for hydroxylation is 2. The Kier molecular flexibility index (Phi) is 5.62. The van der Waals surface area contributed by atoms with Crippen molar-refractivity contribution < 1.29 is 14.3 Å². The van der Waals surface area contributed by atoms with E-state index in [0.717, 1.165) is 36.0 Å². The maximum Gasteiger partial charge on any atom is 0.338 e. The third kappa shape index (κ3) is 4.20. The summed E-state index contributed by atoms with van der Waals surface area (Å²) in [6, 6.07) is 7.65. The molecular formula is C21H22N2O3S. The Balaban J connectivity index is 1.65. The van der Waals surface area contributed by atoms with E-state index in [-0.39, 0.29) is 6.61 Å². The van der Waals surface area contributed by atoms with E-state index in [1.165, 1.54) is 16.2 Å². The normalized spacial score (nSPS) is 15.6. The highest BCUT2D eigenvalue weighted by Gasteiger charge is 2.25. The maximum absolute atomic E-state index is 12.2. The number of fused-ring (bicyclic) bond motifs is 1. The molecule has 1 aromatic carbocycles. The average Bonchev–Trinajstić information content (AvgIpc) is 2.95. The van der Waals surface area contributed by atoms with Gasteiger partial charge in [-0.25, -0.2) is 4.79 Å². The first kappa shape index (κ1) is 19.1. The van der Waals surface area contributed by atoms with E-state index in [1.807, 2.05) is 26.0 Å². The summed E-state index contributed by atoms with van der Waals surface area (Å²) in [5.74, 6) is -0.372. The highest BCUT2D eigenvalue weighted by molar-refractivity contribution is 7.16. The molecule has 6 heteroatoms. The zero-order valence-corrected chi connectivity index (χ0v) is 16.5. The topological polar surface area (TPSA) is 79.2 Å². The van der Waals surface area contributed by atoms with Crippen LogP contribution >= 0.6 is 11.3 Å². The van der Waals surface area contributed by atoms with E-state index in [9.17, 15) is 14.9 Å². The Morgan fingerprint density at radius 1 is 1.37 bits per heavy atom. The van der Waals surface area contributed by atoms with Crippen LogP contribution in [0.2, 0.25) is 0 Å². The maximum atomic E-state index is 12.2. The summed E-state index contributed by atoms with van der Waals surface area (Å²) in [6.07, 6.45) is 2.86. The zero-order valence-electron chi connectivity index (χ0n) is 15.7. The molecule has 140 valence electrons. The van der Waals surface area contributed by atoms with Crippen molar-refractivity contribution in [1.29, 1.82) is 5.26 Å². The molecule has 0 radical (unpaired) electrons. The third-order valence-corrected chi connectivity index (χ3v) is 5.98. The SMILES string of the molecule is Cc1ccc(C(=O)OCC(=O)Nc2sc3c(c2C#N)CC[C@H](C)C3)c(C)c1. The molecule has 0 spiro atoms. The summed E-state index contributed by atoms with van der Waals surface area (Å²) in [5, 5.41) is 12.8. The number of anilines is 1. The third-order valence-electron chi connectivity index (χ3n) is 4.81. The van der Waals surface area contributed by atoms with Crippen molar-refractivity contribution in [2.24, 2.45) is 5.92 Å². The molecule has 0 fully saturated rings. The van der Waals surface area contributed by atoms with Gasteiger partial charge in [0.05, 0.1) is 11.1 Å². The van der Waals surface area contributed by atoms with Crippen molar-refractivity contribution in [3.63, 3.8) is 0 Å². The number of benzene rings is 1. The molecule has 1 aliphatic carbocycles. The molecule has 1 aliphatic rings. The number of carbonyl (C=O) groups is 2. The zero-order chi connectivity index (χ0) is 19.6. The molecule has 0 unspecified atom stereocenters. The van der Waals surface area contributed by atoms with Crippen molar-refractivity contribution in [3.05, 3.63) is 50.9 Å². The number of esters is 1. The number of nitriles is 1. The number of amides is 1. The van der Waals surface area contributed by atoms with Gasteiger partial charge < -0.3 is 10.1 Å². The lowest BCUT2D eigenvalue weighted by Crippen LogP contribution is -2.21. The van der Waals surface area contributed by atoms with E-state index in [2.05, 4.69) is 18.3 Å². The minimum absolute atomic E-state index is 0.379. The van der Waals surface area contributed by atoms with Crippen molar-refractivity contribution >= 4 is 28.2 Å². The molecule has 1 amide bonds. The predicted molar refractivity (Wildman–Crippen MR) is 105 cm³/mol. The highest BCUT2D eigenvalue weighted by Crippen LogP contribution is 2.39. The summed E-state index contributed by atoms with van der Waals surface area (Å²) >= 11 is 1.46. The van der Waals surface area contributed by atoms with Gasteiger partial charge in [0.1, 0.15) is 11.1 Å². The molecular weight excluding hydrogens is 360 g/mol. The monoisotopic (exact) mass is 382 g/mol. The molecule has 1 aromatic heterocycles. The van der Waals surface area contributed by atoms with E-state index in [1.54, 1.807) is 6.07 Å². The number of carbonyl (C=O) groups excluding carboxylic acids is 2. The van der Waals surface area contributed by atoms with Crippen LogP contribution in [-0.2, 0) is 22.4 Å². The molecule has 3 rings (SSSR count). The number of rotatable bonds is 4. The van der Waals surface area contributed by atoms with Crippen LogP contribution in [0.15, 0.2) is 18.2 Å². The Hall–Kier alpha value is -2.65. The van der Waals surface area contributed by atoms with Crippen LogP contribution in [0.4, 0.5) is 5.00 Å². The molecule has 1 heterocycles. The van der Waals surface area contributed by atoms with Gasteiger partial charge in [0.15, 0.2) is 6.61 Å². The first-order chi connectivity index (χ1) is 12.9. The molecule has 0 bridgehead atoms. The molecule has 1 atom stereocenters. The molecule has 2 aromatic rings. The Labute approximate surface area is 163 Å². The largest absolute Gasteiger partial charge is 0.452 e. The number of nitrogens with one attached hydrogen (secondary N) is 1. The fourth-order valence-corrected chi connectivity index (χ4v) is 4.75. The summed E-state index contributed by atoms with van der Waals surface area (Å²) in [6.45, 7) is 5.60. The number of hydrogen-bond donors (Lipinski definition) is 1. The van der Waals surface area contributed by atoms with Crippen LogP contribution < -0.4 is 5.32 Å². The number of ether oxygens (including phenoxy) is 1. The van der Waals surface area contributed by atoms with Crippen LogP contribution in [0, 0.1) is 31.1 Å². The lowest BCUT2D eigenvalue weighted by atomic mass is 9.89. The standard InChI is InChI=1S/C21H22N2O3S/c1-12-4-6-15(14(3)8-12)21(25)26-11-19(24)23-20-17(10-22)16-7-5-13(2)9-18(16)27-20/h4,6,8,13H,5,7,9,11H2,1-3H3,(H,23,24)/t13-/m0/s1. The van der Waals surface area contributed by atoms with Gasteiger partial charge in [0.2, 0.25) is 0 Å². The van der Waals surface area contributed by atoms with Gasteiger partial charge in [-0.05, 0) is 56.2 Å².